The first-order valence-corrected chi connectivity index (χ1v) is 7.75. The molecule has 0 atom stereocenters. The fourth-order valence-electron chi connectivity index (χ4n) is 2.60. The molecule has 0 saturated carbocycles. The summed E-state index contributed by atoms with van der Waals surface area (Å²) in [5.74, 6) is 0.0402. The van der Waals surface area contributed by atoms with Gasteiger partial charge < -0.3 is 0 Å². The summed E-state index contributed by atoms with van der Waals surface area (Å²) in [7, 11) is 0. The fourth-order valence-corrected chi connectivity index (χ4v) is 2.60. The molecule has 1 aromatic rings. The monoisotopic (exact) mass is 272 g/mol. The number of fused-ring (bicyclic) bond motifs is 1. The zero-order valence-corrected chi connectivity index (χ0v) is 12.3. The van der Waals surface area contributed by atoms with Crippen LogP contribution < -0.4 is 5.43 Å². The van der Waals surface area contributed by atoms with E-state index in [1.807, 2.05) is 6.07 Å². The molecule has 1 amide bonds. The number of nitrogens with one attached hydrogen (secondary N) is 1. The molecule has 0 radical (unpaired) electrons. The molecule has 0 aliphatic heterocycles. The van der Waals surface area contributed by atoms with Crippen molar-refractivity contribution in [1.82, 2.24) is 5.43 Å². The van der Waals surface area contributed by atoms with E-state index in [4.69, 9.17) is 0 Å². The Morgan fingerprint density at radius 2 is 1.95 bits per heavy atom. The predicted octanol–water partition coefficient (Wildman–Crippen LogP) is 3.81. The molecule has 1 aromatic carbocycles. The number of carbonyl (C=O) groups is 1. The second-order valence-electron chi connectivity index (χ2n) is 5.41. The highest BCUT2D eigenvalue weighted by Crippen LogP contribution is 2.21. The predicted molar refractivity (Wildman–Crippen MR) is 82.8 cm³/mol. The van der Waals surface area contributed by atoms with Crippen molar-refractivity contribution in [3.05, 3.63) is 35.4 Å². The van der Waals surface area contributed by atoms with Crippen LogP contribution in [-0.4, -0.2) is 11.6 Å². The highest BCUT2D eigenvalue weighted by atomic mass is 16.2. The number of hydrazone groups is 1. The van der Waals surface area contributed by atoms with Gasteiger partial charge in [-0.2, -0.15) is 5.10 Å². The Balaban J connectivity index is 1.75. The van der Waals surface area contributed by atoms with E-state index in [9.17, 15) is 4.79 Å². The van der Waals surface area contributed by atoms with Crippen molar-refractivity contribution in [2.24, 2.45) is 5.10 Å². The van der Waals surface area contributed by atoms with Crippen molar-refractivity contribution in [2.45, 2.75) is 58.3 Å². The molecule has 108 valence electrons. The van der Waals surface area contributed by atoms with Gasteiger partial charge in [0.25, 0.3) is 0 Å². The summed E-state index contributed by atoms with van der Waals surface area (Å²) in [6.07, 6.45) is 8.37. The minimum Gasteiger partial charge on any atom is -0.273 e. The molecule has 0 unspecified atom stereocenters. The van der Waals surface area contributed by atoms with Crippen molar-refractivity contribution in [2.75, 3.05) is 0 Å². The van der Waals surface area contributed by atoms with E-state index < -0.39 is 0 Å². The van der Waals surface area contributed by atoms with E-state index in [0.717, 1.165) is 31.4 Å². The van der Waals surface area contributed by atoms with Crippen LogP contribution in [0.3, 0.4) is 0 Å². The van der Waals surface area contributed by atoms with Gasteiger partial charge >= 0.3 is 0 Å². The quantitative estimate of drug-likeness (QED) is 0.595. The van der Waals surface area contributed by atoms with Crippen LogP contribution in [0.4, 0.5) is 0 Å². The molecule has 2 rings (SSSR count). The molecule has 0 bridgehead atoms. The van der Waals surface area contributed by atoms with Gasteiger partial charge in [-0.05, 0) is 24.8 Å². The van der Waals surface area contributed by atoms with Crippen LogP contribution in [0, 0.1) is 0 Å². The van der Waals surface area contributed by atoms with Gasteiger partial charge in [0, 0.05) is 12.0 Å². The van der Waals surface area contributed by atoms with Crippen molar-refractivity contribution >= 4 is 11.6 Å². The van der Waals surface area contributed by atoms with Crippen LogP contribution in [0.1, 0.15) is 63.0 Å². The molecule has 0 aromatic heterocycles. The number of hydrogen-bond acceptors (Lipinski definition) is 2. The molecule has 1 aliphatic rings. The Labute approximate surface area is 121 Å². The van der Waals surface area contributed by atoms with E-state index in [1.165, 1.54) is 30.4 Å². The van der Waals surface area contributed by atoms with Crippen molar-refractivity contribution in [3.63, 3.8) is 0 Å². The van der Waals surface area contributed by atoms with Gasteiger partial charge in [-0.3, -0.25) is 4.79 Å². The summed E-state index contributed by atoms with van der Waals surface area (Å²) in [6.45, 7) is 2.20. The second-order valence-corrected chi connectivity index (χ2v) is 5.41. The molecular weight excluding hydrogens is 248 g/mol. The Morgan fingerprint density at radius 1 is 1.15 bits per heavy atom. The molecule has 0 fully saturated rings. The Kier molecular flexibility index (Phi) is 5.78. The lowest BCUT2D eigenvalue weighted by molar-refractivity contribution is -0.121. The molecular formula is C17H24N2O. The van der Waals surface area contributed by atoms with Crippen LogP contribution >= 0.6 is 0 Å². The van der Waals surface area contributed by atoms with E-state index in [0.29, 0.717) is 6.42 Å². The molecule has 3 nitrogen and oxygen atoms in total. The lowest BCUT2D eigenvalue weighted by Crippen LogP contribution is -2.19. The van der Waals surface area contributed by atoms with Crippen LogP contribution in [-0.2, 0) is 11.2 Å². The highest BCUT2D eigenvalue weighted by molar-refractivity contribution is 6.04. The first-order valence-electron chi connectivity index (χ1n) is 7.75. The van der Waals surface area contributed by atoms with E-state index in [-0.39, 0.29) is 5.91 Å². The average Bonchev–Trinajstić information content (AvgIpc) is 2.88. The molecule has 0 spiro atoms. The number of carbonyl (C=O) groups excluding carboxylic acids is 1. The molecule has 1 N–H and O–H groups in total. The number of unbranched alkanes of at least 4 members (excludes halogenated alkanes) is 4. The highest BCUT2D eigenvalue weighted by Gasteiger charge is 2.16. The second kappa shape index (κ2) is 7.83. The number of benzene rings is 1. The van der Waals surface area contributed by atoms with Gasteiger partial charge in [0.05, 0.1) is 5.71 Å². The number of nitrogens with zero attached hydrogens (tertiary/aromatic N) is 1. The van der Waals surface area contributed by atoms with E-state index >= 15 is 0 Å². The zero-order chi connectivity index (χ0) is 14.2. The number of hydrogen-bond donors (Lipinski definition) is 1. The van der Waals surface area contributed by atoms with Crippen LogP contribution in [0.25, 0.3) is 0 Å². The average molecular weight is 272 g/mol. The molecule has 0 heterocycles. The third-order valence-corrected chi connectivity index (χ3v) is 3.78. The molecule has 1 aliphatic carbocycles. The SMILES string of the molecule is CCCCCCCC(=O)N/N=C1/CCc2ccccc21. The summed E-state index contributed by atoms with van der Waals surface area (Å²) in [6, 6.07) is 8.29. The van der Waals surface area contributed by atoms with E-state index in [2.05, 4.69) is 35.7 Å². The number of rotatable bonds is 7. The number of amides is 1. The summed E-state index contributed by atoms with van der Waals surface area (Å²) in [4.78, 5) is 11.7. The fraction of sp³-hybridized carbons (Fsp3) is 0.529. The van der Waals surface area contributed by atoms with Crippen molar-refractivity contribution < 1.29 is 4.79 Å². The van der Waals surface area contributed by atoms with Crippen molar-refractivity contribution in [1.29, 1.82) is 0 Å². The summed E-state index contributed by atoms with van der Waals surface area (Å²) in [5, 5.41) is 4.30. The lowest BCUT2D eigenvalue weighted by Gasteiger charge is -2.03. The van der Waals surface area contributed by atoms with E-state index in [1.54, 1.807) is 0 Å². The minimum absolute atomic E-state index is 0.0402. The van der Waals surface area contributed by atoms with Crippen molar-refractivity contribution in [3.8, 4) is 0 Å². The first kappa shape index (κ1) is 14.8. The van der Waals surface area contributed by atoms with Gasteiger partial charge in [0.15, 0.2) is 0 Å². The maximum Gasteiger partial charge on any atom is 0.240 e. The first-order chi connectivity index (χ1) is 9.81. The smallest absolute Gasteiger partial charge is 0.240 e. The maximum absolute atomic E-state index is 11.7. The third kappa shape index (κ3) is 4.19. The molecule has 3 heteroatoms. The van der Waals surface area contributed by atoms with Gasteiger partial charge in [-0.25, -0.2) is 5.43 Å². The van der Waals surface area contributed by atoms with Gasteiger partial charge in [0.1, 0.15) is 0 Å². The summed E-state index contributed by atoms with van der Waals surface area (Å²) < 4.78 is 0. The van der Waals surface area contributed by atoms with Gasteiger partial charge in [-0.1, -0.05) is 56.9 Å². The number of aryl methyl sites for hydroxylation is 1. The summed E-state index contributed by atoms with van der Waals surface area (Å²) in [5.41, 5.74) is 6.24. The largest absolute Gasteiger partial charge is 0.273 e. The van der Waals surface area contributed by atoms with Crippen LogP contribution in [0.2, 0.25) is 0 Å². The normalized spacial score (nSPS) is 15.3. The Bertz CT molecular complexity index is 480. The molecule has 0 saturated heterocycles. The Morgan fingerprint density at radius 3 is 2.80 bits per heavy atom. The molecule has 20 heavy (non-hydrogen) atoms. The third-order valence-electron chi connectivity index (χ3n) is 3.78. The topological polar surface area (TPSA) is 41.5 Å². The minimum atomic E-state index is 0.0402. The van der Waals surface area contributed by atoms with Crippen LogP contribution in [0.5, 0.6) is 0 Å². The zero-order valence-electron chi connectivity index (χ0n) is 12.3. The van der Waals surface area contributed by atoms with Gasteiger partial charge in [-0.15, -0.1) is 0 Å². The standard InChI is InChI=1S/C17H24N2O/c1-2-3-4-5-6-11-17(20)19-18-16-13-12-14-9-7-8-10-15(14)16/h7-10H,2-6,11-13H2,1H3,(H,19,20)/b18-16-. The van der Waals surface area contributed by atoms with Crippen LogP contribution in [0.15, 0.2) is 29.4 Å². The lowest BCUT2D eigenvalue weighted by atomic mass is 10.1. The maximum atomic E-state index is 11.7. The summed E-state index contributed by atoms with van der Waals surface area (Å²) >= 11 is 0. The Hall–Kier alpha value is -1.64. The van der Waals surface area contributed by atoms with Gasteiger partial charge in [0.2, 0.25) is 5.91 Å².